The van der Waals surface area contributed by atoms with Crippen molar-refractivity contribution >= 4 is 5.91 Å². The average Bonchev–Trinajstić information content (AvgIpc) is 2.40. The maximum absolute atomic E-state index is 12.3. The third kappa shape index (κ3) is 2.78. The van der Waals surface area contributed by atoms with Gasteiger partial charge in [0.2, 0.25) is 5.91 Å². The van der Waals surface area contributed by atoms with E-state index in [0.29, 0.717) is 11.6 Å². The van der Waals surface area contributed by atoms with Crippen LogP contribution in [0.4, 0.5) is 0 Å². The van der Waals surface area contributed by atoms with Crippen LogP contribution in [0.25, 0.3) is 0 Å². The summed E-state index contributed by atoms with van der Waals surface area (Å²) >= 11 is 0. The van der Waals surface area contributed by atoms with Gasteiger partial charge < -0.3 is 15.3 Å². The summed E-state index contributed by atoms with van der Waals surface area (Å²) in [7, 11) is 0. The highest BCUT2D eigenvalue weighted by atomic mass is 16.3. The summed E-state index contributed by atoms with van der Waals surface area (Å²) in [5.41, 5.74) is 0.711. The first-order chi connectivity index (χ1) is 9.74. The van der Waals surface area contributed by atoms with Crippen molar-refractivity contribution in [1.29, 1.82) is 0 Å². The van der Waals surface area contributed by atoms with E-state index < -0.39 is 0 Å². The fourth-order valence-electron chi connectivity index (χ4n) is 2.80. The molecule has 0 aliphatic carbocycles. The Labute approximate surface area is 119 Å². The minimum Gasteiger partial charge on any atom is -0.508 e. The zero-order valence-corrected chi connectivity index (χ0v) is 11.6. The Morgan fingerprint density at radius 2 is 1.90 bits per heavy atom. The fourth-order valence-corrected chi connectivity index (χ4v) is 2.80. The van der Waals surface area contributed by atoms with E-state index in [1.54, 1.807) is 12.1 Å². The van der Waals surface area contributed by atoms with Gasteiger partial charge in [0, 0.05) is 50.9 Å². The first kappa shape index (κ1) is 13.4. The van der Waals surface area contributed by atoms with Crippen molar-refractivity contribution < 1.29 is 9.90 Å². The molecule has 0 bridgehead atoms. The van der Waals surface area contributed by atoms with E-state index in [4.69, 9.17) is 0 Å². The molecule has 0 atom stereocenters. The van der Waals surface area contributed by atoms with Crippen LogP contribution in [0.15, 0.2) is 24.3 Å². The van der Waals surface area contributed by atoms with Crippen molar-refractivity contribution in [2.24, 2.45) is 0 Å². The molecule has 1 aromatic rings. The number of rotatable bonds is 3. The van der Waals surface area contributed by atoms with Gasteiger partial charge >= 0.3 is 0 Å². The quantitative estimate of drug-likeness (QED) is 0.818. The van der Waals surface area contributed by atoms with Gasteiger partial charge in [0.25, 0.3) is 0 Å². The zero-order chi connectivity index (χ0) is 13.9. The summed E-state index contributed by atoms with van der Waals surface area (Å²) in [4.78, 5) is 16.6. The van der Waals surface area contributed by atoms with Gasteiger partial charge in [0.1, 0.15) is 5.75 Å². The molecular weight excluding hydrogens is 254 g/mol. The Bertz CT molecular complexity index is 480. The van der Waals surface area contributed by atoms with E-state index in [2.05, 4.69) is 10.2 Å². The molecule has 0 aromatic heterocycles. The van der Waals surface area contributed by atoms with Gasteiger partial charge in [-0.2, -0.15) is 0 Å². The summed E-state index contributed by atoms with van der Waals surface area (Å²) < 4.78 is 0. The number of para-hydroxylation sites is 1. The predicted octanol–water partition coefficient (Wildman–Crippen LogP) is 0.0507. The molecule has 2 aliphatic rings. The van der Waals surface area contributed by atoms with Gasteiger partial charge in [0.15, 0.2) is 0 Å². The van der Waals surface area contributed by atoms with Gasteiger partial charge in [-0.15, -0.1) is 0 Å². The first-order valence-electron chi connectivity index (χ1n) is 7.23. The topological polar surface area (TPSA) is 55.8 Å². The van der Waals surface area contributed by atoms with Crippen LogP contribution >= 0.6 is 0 Å². The van der Waals surface area contributed by atoms with Crippen LogP contribution in [0.2, 0.25) is 0 Å². The lowest BCUT2D eigenvalue weighted by molar-refractivity contribution is -0.132. The Hall–Kier alpha value is -1.59. The third-order valence-electron chi connectivity index (χ3n) is 4.28. The minimum absolute atomic E-state index is 0.109. The van der Waals surface area contributed by atoms with E-state index in [1.165, 1.54) is 0 Å². The number of phenols is 1. The van der Waals surface area contributed by atoms with Crippen LogP contribution in [0.5, 0.6) is 5.75 Å². The van der Waals surface area contributed by atoms with Crippen molar-refractivity contribution in [3.8, 4) is 5.75 Å². The normalized spacial score (nSPS) is 20.7. The average molecular weight is 275 g/mol. The van der Waals surface area contributed by atoms with Crippen molar-refractivity contribution in [3.05, 3.63) is 29.8 Å². The number of carbonyl (C=O) groups is 1. The Kier molecular flexibility index (Phi) is 3.89. The number of aromatic hydroxyl groups is 1. The molecule has 2 saturated heterocycles. The number of nitrogens with zero attached hydrogens (tertiary/aromatic N) is 2. The molecule has 0 radical (unpaired) electrons. The van der Waals surface area contributed by atoms with Crippen LogP contribution in [-0.2, 0) is 11.2 Å². The van der Waals surface area contributed by atoms with Gasteiger partial charge in [-0.1, -0.05) is 18.2 Å². The summed E-state index contributed by atoms with van der Waals surface area (Å²) in [5, 5.41) is 13.0. The standard InChI is InChI=1S/C15H21N3O2/c19-14-4-2-1-3-12(14)9-15(20)18-7-5-17(6-8-18)13-10-16-11-13/h1-4,13,16,19H,5-11H2. The van der Waals surface area contributed by atoms with Crippen molar-refractivity contribution in [2.45, 2.75) is 12.5 Å². The molecule has 20 heavy (non-hydrogen) atoms. The number of carbonyl (C=O) groups excluding carboxylic acids is 1. The maximum atomic E-state index is 12.3. The Morgan fingerprint density at radius 1 is 1.20 bits per heavy atom. The molecule has 3 rings (SSSR count). The first-order valence-corrected chi connectivity index (χ1v) is 7.23. The van der Waals surface area contributed by atoms with Crippen LogP contribution in [0, 0.1) is 0 Å². The second kappa shape index (κ2) is 5.81. The van der Waals surface area contributed by atoms with Gasteiger partial charge in [0.05, 0.1) is 6.42 Å². The number of amides is 1. The summed E-state index contributed by atoms with van der Waals surface area (Å²) in [5.74, 6) is 0.318. The van der Waals surface area contributed by atoms with E-state index >= 15 is 0 Å². The number of hydrogen-bond donors (Lipinski definition) is 2. The van der Waals surface area contributed by atoms with Crippen molar-refractivity contribution in [3.63, 3.8) is 0 Å². The van der Waals surface area contributed by atoms with E-state index in [0.717, 1.165) is 39.3 Å². The van der Waals surface area contributed by atoms with E-state index in [-0.39, 0.29) is 18.1 Å². The molecule has 0 unspecified atom stereocenters. The largest absolute Gasteiger partial charge is 0.508 e. The molecule has 5 heteroatoms. The Morgan fingerprint density at radius 3 is 2.50 bits per heavy atom. The summed E-state index contributed by atoms with van der Waals surface area (Å²) in [6, 6.07) is 7.72. The fraction of sp³-hybridized carbons (Fsp3) is 0.533. The van der Waals surface area contributed by atoms with Gasteiger partial charge in [-0.05, 0) is 6.07 Å². The number of hydrogen-bond acceptors (Lipinski definition) is 4. The van der Waals surface area contributed by atoms with Gasteiger partial charge in [-0.25, -0.2) is 0 Å². The molecule has 2 heterocycles. The highest BCUT2D eigenvalue weighted by Gasteiger charge is 2.29. The highest BCUT2D eigenvalue weighted by Crippen LogP contribution is 2.18. The molecule has 2 N–H and O–H groups in total. The molecule has 0 saturated carbocycles. The lowest BCUT2D eigenvalue weighted by Gasteiger charge is -2.43. The lowest BCUT2D eigenvalue weighted by Crippen LogP contribution is -2.62. The van der Waals surface area contributed by atoms with E-state index in [9.17, 15) is 9.90 Å². The van der Waals surface area contributed by atoms with Gasteiger partial charge in [-0.3, -0.25) is 9.69 Å². The SMILES string of the molecule is O=C(Cc1ccccc1O)N1CCN(C2CNC2)CC1. The molecule has 1 amide bonds. The van der Waals surface area contributed by atoms with Crippen LogP contribution < -0.4 is 5.32 Å². The number of benzene rings is 1. The van der Waals surface area contributed by atoms with Crippen LogP contribution in [0.3, 0.4) is 0 Å². The monoisotopic (exact) mass is 275 g/mol. The second-order valence-electron chi connectivity index (χ2n) is 5.53. The predicted molar refractivity (Wildman–Crippen MR) is 76.6 cm³/mol. The lowest BCUT2D eigenvalue weighted by atomic mass is 10.1. The molecule has 0 spiro atoms. The number of phenolic OH excluding ortho intramolecular Hbond substituents is 1. The second-order valence-corrected chi connectivity index (χ2v) is 5.53. The van der Waals surface area contributed by atoms with Crippen molar-refractivity contribution in [1.82, 2.24) is 15.1 Å². The molecule has 108 valence electrons. The van der Waals surface area contributed by atoms with Crippen molar-refractivity contribution in [2.75, 3.05) is 39.3 Å². The molecule has 1 aromatic carbocycles. The summed E-state index contributed by atoms with van der Waals surface area (Å²) in [6.07, 6.45) is 0.289. The zero-order valence-electron chi connectivity index (χ0n) is 11.6. The highest BCUT2D eigenvalue weighted by molar-refractivity contribution is 5.79. The number of nitrogens with one attached hydrogen (secondary N) is 1. The van der Waals surface area contributed by atoms with Crippen LogP contribution in [0.1, 0.15) is 5.56 Å². The third-order valence-corrected chi connectivity index (χ3v) is 4.28. The molecule has 2 aliphatic heterocycles. The molecule has 5 nitrogen and oxygen atoms in total. The van der Waals surface area contributed by atoms with E-state index in [1.807, 2.05) is 17.0 Å². The molecule has 2 fully saturated rings. The molecular formula is C15H21N3O2. The number of piperazine rings is 1. The minimum atomic E-state index is 0.109. The van der Waals surface area contributed by atoms with Crippen LogP contribution in [-0.4, -0.2) is 66.1 Å². The maximum Gasteiger partial charge on any atom is 0.227 e. The summed E-state index contributed by atoms with van der Waals surface area (Å²) in [6.45, 7) is 5.65. The Balaban J connectivity index is 1.52. The smallest absolute Gasteiger partial charge is 0.227 e.